The molecule has 0 amide bonds. The molecule has 1 aliphatic heterocycles. The van der Waals surface area contributed by atoms with E-state index in [1.165, 1.54) is 0 Å². The van der Waals surface area contributed by atoms with Gasteiger partial charge in [0.15, 0.2) is 0 Å². The molecule has 2 aromatic carbocycles. The van der Waals surface area contributed by atoms with Gasteiger partial charge in [-0.3, -0.25) is 4.57 Å². The number of anilines is 2. The molecule has 7 heteroatoms. The highest BCUT2D eigenvalue weighted by atomic mass is 35.5. The summed E-state index contributed by atoms with van der Waals surface area (Å²) in [5.74, 6) is 0.629. The Kier molecular flexibility index (Phi) is 4.53. The zero-order chi connectivity index (χ0) is 19.1. The Balaban J connectivity index is 1.92. The van der Waals surface area contributed by atoms with Gasteiger partial charge < -0.3 is 15.5 Å². The number of aromatic nitrogens is 2. The van der Waals surface area contributed by atoms with Gasteiger partial charge in [-0.05, 0) is 42.8 Å². The van der Waals surface area contributed by atoms with Gasteiger partial charge in [0.1, 0.15) is 5.82 Å². The maximum absolute atomic E-state index is 12.9. The number of nitrogens with zero attached hydrogens (tertiary/aromatic N) is 4. The highest BCUT2D eigenvalue weighted by Crippen LogP contribution is 2.28. The molecule has 6 nitrogen and oxygen atoms in total. The lowest BCUT2D eigenvalue weighted by Gasteiger charge is -2.20. The fourth-order valence-corrected chi connectivity index (χ4v) is 3.79. The molecule has 4 rings (SSSR count). The van der Waals surface area contributed by atoms with Crippen molar-refractivity contribution in [2.45, 2.75) is 12.5 Å². The summed E-state index contributed by atoms with van der Waals surface area (Å²) in [7, 11) is 3.74. The molecule has 1 unspecified atom stereocenters. The van der Waals surface area contributed by atoms with Crippen LogP contribution >= 0.6 is 11.6 Å². The van der Waals surface area contributed by atoms with Crippen LogP contribution in [0.25, 0.3) is 16.6 Å². The van der Waals surface area contributed by atoms with Crippen molar-refractivity contribution in [3.05, 3.63) is 58.0 Å². The van der Waals surface area contributed by atoms with Crippen molar-refractivity contribution in [1.29, 1.82) is 0 Å². The molecule has 1 atom stereocenters. The summed E-state index contributed by atoms with van der Waals surface area (Å²) in [6.07, 6.45) is 0.974. The molecular weight excluding hydrogens is 362 g/mol. The Morgan fingerprint density at radius 3 is 2.67 bits per heavy atom. The topological polar surface area (TPSA) is 67.4 Å². The number of halogens is 1. The quantitative estimate of drug-likeness (QED) is 0.753. The first-order valence-corrected chi connectivity index (χ1v) is 9.32. The van der Waals surface area contributed by atoms with E-state index in [4.69, 9.17) is 17.3 Å². The van der Waals surface area contributed by atoms with E-state index >= 15 is 0 Å². The molecule has 2 N–H and O–H groups in total. The zero-order valence-corrected chi connectivity index (χ0v) is 16.1. The normalized spacial score (nSPS) is 16.9. The van der Waals surface area contributed by atoms with Gasteiger partial charge in [-0.1, -0.05) is 17.7 Å². The predicted octanol–water partition coefficient (Wildman–Crippen LogP) is 2.64. The fraction of sp³-hybridized carbons (Fsp3) is 0.300. The van der Waals surface area contributed by atoms with Gasteiger partial charge in [0.2, 0.25) is 0 Å². The van der Waals surface area contributed by atoms with Crippen molar-refractivity contribution in [2.24, 2.45) is 5.73 Å². The fourth-order valence-electron chi connectivity index (χ4n) is 3.62. The van der Waals surface area contributed by atoms with E-state index in [0.29, 0.717) is 10.8 Å². The van der Waals surface area contributed by atoms with Gasteiger partial charge in [-0.15, -0.1) is 0 Å². The van der Waals surface area contributed by atoms with Crippen molar-refractivity contribution in [2.75, 3.05) is 37.0 Å². The largest absolute Gasteiger partial charge is 0.370 e. The van der Waals surface area contributed by atoms with Crippen LogP contribution in [-0.4, -0.2) is 42.8 Å². The summed E-state index contributed by atoms with van der Waals surface area (Å²) in [5.41, 5.74) is 8.27. The van der Waals surface area contributed by atoms with Crippen molar-refractivity contribution in [1.82, 2.24) is 9.55 Å². The number of fused-ring (bicyclic) bond motifs is 1. The number of benzene rings is 2. The lowest BCUT2D eigenvalue weighted by atomic mass is 10.2. The van der Waals surface area contributed by atoms with Crippen LogP contribution < -0.4 is 21.2 Å². The number of nitrogens with two attached hydrogens (primary N) is 1. The summed E-state index contributed by atoms with van der Waals surface area (Å²) in [4.78, 5) is 21.3. The maximum atomic E-state index is 12.9. The average molecular weight is 384 g/mol. The van der Waals surface area contributed by atoms with E-state index in [9.17, 15) is 4.79 Å². The highest BCUT2D eigenvalue weighted by molar-refractivity contribution is 6.31. The predicted molar refractivity (Wildman–Crippen MR) is 111 cm³/mol. The molecule has 1 aliphatic rings. The minimum atomic E-state index is -0.330. The minimum Gasteiger partial charge on any atom is -0.370 e. The smallest absolute Gasteiger partial charge is 0.354 e. The van der Waals surface area contributed by atoms with Crippen molar-refractivity contribution < 1.29 is 0 Å². The van der Waals surface area contributed by atoms with Gasteiger partial charge in [0.25, 0.3) is 0 Å². The Labute approximate surface area is 162 Å². The second kappa shape index (κ2) is 6.87. The molecule has 140 valence electrons. The van der Waals surface area contributed by atoms with E-state index in [0.717, 1.165) is 41.8 Å². The monoisotopic (exact) mass is 383 g/mol. The van der Waals surface area contributed by atoms with Gasteiger partial charge in [-0.2, -0.15) is 4.98 Å². The first-order valence-electron chi connectivity index (χ1n) is 8.94. The average Bonchev–Trinajstić information content (AvgIpc) is 3.07. The summed E-state index contributed by atoms with van der Waals surface area (Å²) >= 11 is 6.24. The number of hydrogen-bond acceptors (Lipinski definition) is 5. The van der Waals surface area contributed by atoms with Gasteiger partial charge in [-0.25, -0.2) is 4.79 Å². The molecular formula is C20H22ClN5O. The summed E-state index contributed by atoms with van der Waals surface area (Å²) < 4.78 is 1.62. The Morgan fingerprint density at radius 2 is 1.96 bits per heavy atom. The Morgan fingerprint density at radius 1 is 1.19 bits per heavy atom. The Bertz CT molecular complexity index is 1060. The SMILES string of the molecule is CN(C)c1nc(=O)n(-c2cccc(N3CCC(N)C3)c2)c2cc(Cl)ccc12. The van der Waals surface area contributed by atoms with Crippen LogP contribution in [0.15, 0.2) is 47.3 Å². The molecule has 0 aliphatic carbocycles. The van der Waals surface area contributed by atoms with Crippen molar-refractivity contribution in [3.8, 4) is 5.69 Å². The first kappa shape index (κ1) is 17.8. The lowest BCUT2D eigenvalue weighted by Crippen LogP contribution is -2.27. The third-order valence-electron chi connectivity index (χ3n) is 4.94. The van der Waals surface area contributed by atoms with Gasteiger partial charge >= 0.3 is 5.69 Å². The van der Waals surface area contributed by atoms with Crippen molar-refractivity contribution in [3.63, 3.8) is 0 Å². The number of rotatable bonds is 3. The lowest BCUT2D eigenvalue weighted by molar-refractivity contribution is 0.752. The van der Waals surface area contributed by atoms with Crippen molar-refractivity contribution >= 4 is 34.0 Å². The maximum Gasteiger partial charge on any atom is 0.354 e. The van der Waals surface area contributed by atoms with Crippen LogP contribution in [0.3, 0.4) is 0 Å². The molecule has 3 aromatic rings. The molecule has 2 heterocycles. The second-order valence-electron chi connectivity index (χ2n) is 7.12. The minimum absolute atomic E-state index is 0.192. The summed E-state index contributed by atoms with van der Waals surface area (Å²) in [6, 6.07) is 13.6. The van der Waals surface area contributed by atoms with Crippen LogP contribution in [0.4, 0.5) is 11.5 Å². The summed E-state index contributed by atoms with van der Waals surface area (Å²) in [5, 5.41) is 1.45. The van der Waals surface area contributed by atoms with E-state index in [1.807, 2.05) is 61.5 Å². The van der Waals surface area contributed by atoms with Gasteiger partial charge in [0.05, 0.1) is 11.2 Å². The standard InChI is InChI=1S/C20H22ClN5O/c1-24(2)19-17-7-6-13(21)10-18(17)26(20(27)23-19)16-5-3-4-15(11-16)25-9-8-14(22)12-25/h3-7,10-11,14H,8-9,12,22H2,1-2H3. The van der Waals surface area contributed by atoms with E-state index < -0.39 is 0 Å². The van der Waals surface area contributed by atoms with Crippen LogP contribution in [0.2, 0.25) is 5.02 Å². The molecule has 1 fully saturated rings. The molecule has 0 spiro atoms. The zero-order valence-electron chi connectivity index (χ0n) is 15.4. The molecule has 1 aromatic heterocycles. The third-order valence-corrected chi connectivity index (χ3v) is 5.17. The van der Waals surface area contributed by atoms with E-state index in [2.05, 4.69) is 9.88 Å². The van der Waals surface area contributed by atoms with E-state index in [-0.39, 0.29) is 11.7 Å². The number of hydrogen-bond donors (Lipinski definition) is 1. The Hall–Kier alpha value is -2.57. The molecule has 27 heavy (non-hydrogen) atoms. The van der Waals surface area contributed by atoms with Gasteiger partial charge in [0, 0.05) is 49.3 Å². The van der Waals surface area contributed by atoms with Crippen LogP contribution in [0, 0.1) is 0 Å². The summed E-state index contributed by atoms with van der Waals surface area (Å²) in [6.45, 7) is 1.74. The van der Waals surface area contributed by atoms with Crippen LogP contribution in [0.5, 0.6) is 0 Å². The molecule has 0 radical (unpaired) electrons. The molecule has 1 saturated heterocycles. The third kappa shape index (κ3) is 3.26. The van der Waals surface area contributed by atoms with Crippen LogP contribution in [0.1, 0.15) is 6.42 Å². The molecule has 0 saturated carbocycles. The first-order chi connectivity index (χ1) is 12.9. The highest BCUT2D eigenvalue weighted by Gasteiger charge is 2.20. The molecule has 0 bridgehead atoms. The second-order valence-corrected chi connectivity index (χ2v) is 7.56. The van der Waals surface area contributed by atoms with Crippen LogP contribution in [-0.2, 0) is 0 Å². The van der Waals surface area contributed by atoms with E-state index in [1.54, 1.807) is 4.57 Å².